The molecule has 4 heterocycles. The van der Waals surface area contributed by atoms with E-state index in [-0.39, 0.29) is 16.2 Å². The van der Waals surface area contributed by atoms with Crippen molar-refractivity contribution in [1.29, 1.82) is 0 Å². The summed E-state index contributed by atoms with van der Waals surface area (Å²) in [6.45, 7) is 20.0. The molecule has 0 fully saturated rings. The maximum absolute atomic E-state index is 5.08. The Morgan fingerprint density at radius 3 is 0.738 bits per heavy atom. The van der Waals surface area contributed by atoms with Crippen molar-refractivity contribution in [3.63, 3.8) is 0 Å². The average molecular weight is 553 g/mol. The summed E-state index contributed by atoms with van der Waals surface area (Å²) in [5, 5.41) is 0. The highest BCUT2D eigenvalue weighted by atomic mass is 15.1. The Kier molecular flexibility index (Phi) is 5.44. The van der Waals surface area contributed by atoms with E-state index in [1.165, 1.54) is 16.7 Å². The molecule has 0 aliphatic carbocycles. The molecule has 3 aromatic carbocycles. The van der Waals surface area contributed by atoms with E-state index in [0.29, 0.717) is 35.0 Å². The lowest BCUT2D eigenvalue weighted by Gasteiger charge is -2.20. The smallest absolute Gasteiger partial charge is 0.164 e. The molecule has 0 saturated carbocycles. The zero-order chi connectivity index (χ0) is 29.8. The van der Waals surface area contributed by atoms with Crippen molar-refractivity contribution in [1.82, 2.24) is 0 Å². The first-order chi connectivity index (χ1) is 19.7. The molecule has 42 heavy (non-hydrogen) atoms. The quantitative estimate of drug-likeness (QED) is 0.277. The molecule has 0 N–H and O–H groups in total. The second-order valence-corrected chi connectivity index (χ2v) is 14.6. The summed E-state index contributed by atoms with van der Waals surface area (Å²) in [6.07, 6.45) is 0. The van der Waals surface area contributed by atoms with Crippen molar-refractivity contribution in [2.45, 2.75) is 78.6 Å². The van der Waals surface area contributed by atoms with Crippen LogP contribution in [0.2, 0.25) is 0 Å². The predicted octanol–water partition coefficient (Wildman–Crippen LogP) is 7.51. The van der Waals surface area contributed by atoms with Crippen molar-refractivity contribution < 1.29 is 0 Å². The molecule has 0 amide bonds. The third-order valence-electron chi connectivity index (χ3n) is 8.37. The summed E-state index contributed by atoms with van der Waals surface area (Å²) in [5.74, 6) is 3.70. The van der Waals surface area contributed by atoms with E-state index in [1.807, 2.05) is 0 Å². The van der Waals surface area contributed by atoms with Crippen LogP contribution in [0.15, 0.2) is 84.6 Å². The Hall–Kier alpha value is -4.32. The number of aliphatic imine (C=N–C) groups is 6. The van der Waals surface area contributed by atoms with E-state index < -0.39 is 0 Å². The van der Waals surface area contributed by atoms with Gasteiger partial charge in [-0.15, -0.1) is 0 Å². The summed E-state index contributed by atoms with van der Waals surface area (Å²) in [7, 11) is 0. The topological polar surface area (TPSA) is 74.2 Å². The molecule has 210 valence electrons. The molecule has 6 heteroatoms. The molecule has 6 bridgehead atoms. The number of fused-ring (bicyclic) bond motifs is 12. The summed E-state index contributed by atoms with van der Waals surface area (Å²) in [4.78, 5) is 30.3. The van der Waals surface area contributed by atoms with Gasteiger partial charge in [-0.3, -0.25) is 0 Å². The molecule has 7 rings (SSSR count). The van der Waals surface area contributed by atoms with Crippen LogP contribution in [0.4, 0.5) is 0 Å². The van der Waals surface area contributed by atoms with Gasteiger partial charge in [-0.25, -0.2) is 30.0 Å². The van der Waals surface area contributed by atoms with Gasteiger partial charge in [-0.2, -0.15) is 0 Å². The van der Waals surface area contributed by atoms with E-state index in [4.69, 9.17) is 30.0 Å². The highest BCUT2D eigenvalue weighted by molar-refractivity contribution is 6.34. The average Bonchev–Trinajstić information content (AvgIpc) is 3.54. The summed E-state index contributed by atoms with van der Waals surface area (Å²) in [6, 6.07) is 19.5. The molecule has 0 aromatic heterocycles. The van der Waals surface area contributed by atoms with E-state index in [1.54, 1.807) is 0 Å². The summed E-state index contributed by atoms with van der Waals surface area (Å²) >= 11 is 0. The van der Waals surface area contributed by atoms with Crippen LogP contribution in [0.3, 0.4) is 0 Å². The number of benzene rings is 3. The van der Waals surface area contributed by atoms with Crippen molar-refractivity contribution in [2.75, 3.05) is 0 Å². The molecule has 3 aromatic rings. The van der Waals surface area contributed by atoms with Crippen LogP contribution in [-0.4, -0.2) is 35.0 Å². The Labute approximate surface area is 247 Å². The van der Waals surface area contributed by atoms with Crippen LogP contribution in [0.25, 0.3) is 0 Å². The largest absolute Gasteiger partial charge is 0.208 e. The van der Waals surface area contributed by atoms with E-state index in [2.05, 4.69) is 117 Å². The Balaban J connectivity index is 1.52. The highest BCUT2D eigenvalue weighted by Gasteiger charge is 2.32. The van der Waals surface area contributed by atoms with Gasteiger partial charge in [0.25, 0.3) is 0 Å². The van der Waals surface area contributed by atoms with Crippen LogP contribution < -0.4 is 0 Å². The molecule has 0 saturated heterocycles. The van der Waals surface area contributed by atoms with Crippen molar-refractivity contribution in [2.24, 2.45) is 30.0 Å². The molecular weight excluding hydrogens is 516 g/mol. The first kappa shape index (κ1) is 26.6. The standard InChI is InChI=1S/C36H36N6/c1-34(2,3)19-10-13-22-25(16-19)31-37-28(22)41-32-27-18-21(36(7,8)9)12-15-24(27)30(39-32)42-33-26-17-20(35(4,5)6)11-14-23(26)29(38-33)40-31/h10-18H,1-9H3. The predicted molar refractivity (Wildman–Crippen MR) is 175 cm³/mol. The monoisotopic (exact) mass is 552 g/mol. The van der Waals surface area contributed by atoms with Gasteiger partial charge >= 0.3 is 0 Å². The molecule has 4 aliphatic heterocycles. The second-order valence-electron chi connectivity index (χ2n) is 14.6. The van der Waals surface area contributed by atoms with Gasteiger partial charge in [0, 0.05) is 33.4 Å². The lowest BCUT2D eigenvalue weighted by molar-refractivity contribution is 0.590. The number of amidine groups is 6. The lowest BCUT2D eigenvalue weighted by atomic mass is 9.85. The molecule has 6 nitrogen and oxygen atoms in total. The minimum atomic E-state index is -0.0225. The Morgan fingerprint density at radius 1 is 0.310 bits per heavy atom. The molecule has 4 aliphatic rings. The Bertz CT molecular complexity index is 1680. The summed E-state index contributed by atoms with van der Waals surface area (Å²) in [5.41, 5.74) is 9.34. The maximum Gasteiger partial charge on any atom is 0.164 e. The SMILES string of the molecule is CC(C)(C)c1ccc2c(c1)C1=NC3=NC(=NC4=NC(=NC2=N1)c1cc(C(C)(C)C)ccc14)c1cc(C(C)(C)C)ccc13. The van der Waals surface area contributed by atoms with Gasteiger partial charge in [-0.1, -0.05) is 98.7 Å². The van der Waals surface area contributed by atoms with Gasteiger partial charge in [0.15, 0.2) is 35.0 Å². The third kappa shape index (κ3) is 4.23. The Morgan fingerprint density at radius 2 is 0.524 bits per heavy atom. The van der Waals surface area contributed by atoms with Crippen LogP contribution >= 0.6 is 0 Å². The lowest BCUT2D eigenvalue weighted by Crippen LogP contribution is -2.13. The van der Waals surface area contributed by atoms with Crippen LogP contribution in [0, 0.1) is 0 Å². The normalized spacial score (nSPS) is 17.1. The number of rotatable bonds is 0. The third-order valence-corrected chi connectivity index (χ3v) is 8.37. The van der Waals surface area contributed by atoms with Crippen molar-refractivity contribution in [3.05, 3.63) is 105 Å². The second kappa shape index (κ2) is 8.60. The minimum Gasteiger partial charge on any atom is -0.208 e. The van der Waals surface area contributed by atoms with Gasteiger partial charge in [0.1, 0.15) is 0 Å². The van der Waals surface area contributed by atoms with Crippen molar-refractivity contribution >= 4 is 35.0 Å². The van der Waals surface area contributed by atoms with E-state index >= 15 is 0 Å². The van der Waals surface area contributed by atoms with E-state index in [9.17, 15) is 0 Å². The highest BCUT2D eigenvalue weighted by Crippen LogP contribution is 2.34. The summed E-state index contributed by atoms with van der Waals surface area (Å²) < 4.78 is 0. The van der Waals surface area contributed by atoms with Gasteiger partial charge < -0.3 is 0 Å². The maximum atomic E-state index is 5.08. The molecular formula is C36H36N6. The fraction of sp³-hybridized carbons (Fsp3) is 0.333. The van der Waals surface area contributed by atoms with Crippen molar-refractivity contribution in [3.8, 4) is 0 Å². The van der Waals surface area contributed by atoms with Crippen LogP contribution in [0.5, 0.6) is 0 Å². The first-order valence-electron chi connectivity index (χ1n) is 14.6. The van der Waals surface area contributed by atoms with E-state index in [0.717, 1.165) is 33.4 Å². The number of hydrogen-bond donors (Lipinski definition) is 0. The fourth-order valence-corrected chi connectivity index (χ4v) is 5.65. The number of hydrogen-bond acceptors (Lipinski definition) is 6. The van der Waals surface area contributed by atoms with Crippen LogP contribution in [-0.2, 0) is 16.2 Å². The molecule has 0 atom stereocenters. The molecule has 0 radical (unpaired) electrons. The minimum absolute atomic E-state index is 0.0225. The molecule has 0 unspecified atom stereocenters. The molecule has 0 spiro atoms. The first-order valence-corrected chi connectivity index (χ1v) is 14.6. The zero-order valence-electron chi connectivity index (χ0n) is 25.9. The van der Waals surface area contributed by atoms with Gasteiger partial charge in [0.05, 0.1) is 0 Å². The van der Waals surface area contributed by atoms with Gasteiger partial charge in [-0.05, 0) is 51.1 Å². The fourth-order valence-electron chi connectivity index (χ4n) is 5.65. The zero-order valence-corrected chi connectivity index (χ0v) is 25.9. The number of nitrogens with zero attached hydrogens (tertiary/aromatic N) is 6. The van der Waals surface area contributed by atoms with Gasteiger partial charge in [0.2, 0.25) is 0 Å². The van der Waals surface area contributed by atoms with Crippen LogP contribution in [0.1, 0.15) is 112 Å².